The van der Waals surface area contributed by atoms with Crippen molar-refractivity contribution in [3.8, 4) is 0 Å². The normalized spacial score (nSPS) is 25.5. The number of carbonyl (C=O) groups excluding carboxylic acids is 1. The van der Waals surface area contributed by atoms with E-state index in [0.717, 1.165) is 18.4 Å². The Labute approximate surface area is 191 Å². The van der Waals surface area contributed by atoms with Gasteiger partial charge in [0.05, 0.1) is 25.4 Å². The van der Waals surface area contributed by atoms with Crippen LogP contribution in [0.3, 0.4) is 0 Å². The van der Waals surface area contributed by atoms with E-state index in [1.54, 1.807) is 10.9 Å². The zero-order chi connectivity index (χ0) is 22.8. The molecule has 5 rings (SSSR count). The molecule has 2 aliphatic rings. The third-order valence-electron chi connectivity index (χ3n) is 6.42. The summed E-state index contributed by atoms with van der Waals surface area (Å²) in [6.07, 6.45) is 5.05. The topological polar surface area (TPSA) is 134 Å². The molecule has 2 fully saturated rings. The van der Waals surface area contributed by atoms with Gasteiger partial charge in [0.1, 0.15) is 18.5 Å². The molecule has 0 bridgehead atoms. The number of nitrogens with one attached hydrogen (secondary N) is 2. The van der Waals surface area contributed by atoms with Crippen molar-refractivity contribution in [2.45, 2.75) is 62.6 Å². The van der Waals surface area contributed by atoms with Crippen molar-refractivity contribution in [2.24, 2.45) is 0 Å². The first-order valence-electron chi connectivity index (χ1n) is 11.4. The van der Waals surface area contributed by atoms with Gasteiger partial charge in [-0.05, 0) is 18.4 Å². The Morgan fingerprint density at radius 1 is 1.15 bits per heavy atom. The SMILES string of the molecule is O=C(Cc1ccccc1)N[C@@H]1[C@@H](O)[C@H](n2cnc3c(NC4CCCC4)ncnc32)O[C@@H]1CO. The van der Waals surface area contributed by atoms with E-state index >= 15 is 0 Å². The first-order chi connectivity index (χ1) is 16.1. The molecule has 10 nitrogen and oxygen atoms in total. The molecule has 3 heterocycles. The standard InChI is InChI=1S/C23H28N6O4/c30-11-16-18(28-17(31)10-14-6-2-1-3-7-14)20(32)23(33-16)29-13-26-19-21(24-12-25-22(19)29)27-15-8-4-5-9-15/h1-3,6-7,12-13,15-16,18,20,23,30,32H,4-5,8-11H2,(H,28,31)(H,24,25,27)/t16-,18+,20-,23-/m1/s1. The summed E-state index contributed by atoms with van der Waals surface area (Å²) < 4.78 is 7.57. The molecule has 1 saturated carbocycles. The number of rotatable bonds is 7. The van der Waals surface area contributed by atoms with Gasteiger partial charge >= 0.3 is 0 Å². The Bertz CT molecular complexity index is 1100. The van der Waals surface area contributed by atoms with Gasteiger partial charge in [0, 0.05) is 6.04 Å². The molecule has 0 radical (unpaired) electrons. The smallest absolute Gasteiger partial charge is 0.224 e. The number of amides is 1. The first kappa shape index (κ1) is 21.7. The van der Waals surface area contributed by atoms with Crippen LogP contribution in [0.4, 0.5) is 5.82 Å². The van der Waals surface area contributed by atoms with Gasteiger partial charge in [-0.1, -0.05) is 43.2 Å². The van der Waals surface area contributed by atoms with Crippen molar-refractivity contribution in [1.82, 2.24) is 24.8 Å². The summed E-state index contributed by atoms with van der Waals surface area (Å²) in [4.78, 5) is 25.8. The average Bonchev–Trinajstić information content (AvgIpc) is 3.55. The summed E-state index contributed by atoms with van der Waals surface area (Å²) in [5.41, 5.74) is 1.97. The lowest BCUT2D eigenvalue weighted by Crippen LogP contribution is -2.48. The van der Waals surface area contributed by atoms with Gasteiger partial charge in [-0.15, -0.1) is 0 Å². The predicted molar refractivity (Wildman–Crippen MR) is 120 cm³/mol. The molecule has 4 atom stereocenters. The van der Waals surface area contributed by atoms with Crippen molar-refractivity contribution >= 4 is 22.9 Å². The predicted octanol–water partition coefficient (Wildman–Crippen LogP) is 1.16. The van der Waals surface area contributed by atoms with Crippen LogP contribution in [0.1, 0.15) is 37.5 Å². The minimum atomic E-state index is -1.10. The van der Waals surface area contributed by atoms with E-state index in [-0.39, 0.29) is 18.9 Å². The molecule has 10 heteroatoms. The van der Waals surface area contributed by atoms with Crippen LogP contribution in [0.2, 0.25) is 0 Å². The highest BCUT2D eigenvalue weighted by Gasteiger charge is 2.45. The maximum atomic E-state index is 12.6. The molecule has 1 aliphatic carbocycles. The maximum Gasteiger partial charge on any atom is 0.224 e. The molecule has 3 aromatic rings. The number of carbonyl (C=O) groups is 1. The van der Waals surface area contributed by atoms with Crippen molar-refractivity contribution in [3.63, 3.8) is 0 Å². The minimum absolute atomic E-state index is 0.171. The number of ether oxygens (including phenoxy) is 1. The Balaban J connectivity index is 1.34. The first-order valence-corrected chi connectivity index (χ1v) is 11.4. The molecular weight excluding hydrogens is 424 g/mol. The zero-order valence-electron chi connectivity index (χ0n) is 18.2. The van der Waals surface area contributed by atoms with Crippen LogP contribution < -0.4 is 10.6 Å². The summed E-state index contributed by atoms with van der Waals surface area (Å²) in [6.45, 7) is -0.347. The Kier molecular flexibility index (Phi) is 6.21. The van der Waals surface area contributed by atoms with E-state index in [9.17, 15) is 15.0 Å². The molecule has 1 amide bonds. The van der Waals surface area contributed by atoms with Crippen LogP contribution in [0.25, 0.3) is 11.2 Å². The van der Waals surface area contributed by atoms with Gasteiger partial charge < -0.3 is 25.6 Å². The number of hydrogen-bond donors (Lipinski definition) is 4. The number of nitrogens with zero attached hydrogens (tertiary/aromatic N) is 4. The molecular formula is C23H28N6O4. The van der Waals surface area contributed by atoms with E-state index in [1.165, 1.54) is 19.2 Å². The van der Waals surface area contributed by atoms with E-state index in [0.29, 0.717) is 23.0 Å². The van der Waals surface area contributed by atoms with Crippen LogP contribution >= 0.6 is 0 Å². The van der Waals surface area contributed by atoms with Crippen LogP contribution in [0.5, 0.6) is 0 Å². The number of hydrogen-bond acceptors (Lipinski definition) is 8. The van der Waals surface area contributed by atoms with Crippen molar-refractivity contribution < 1.29 is 19.7 Å². The van der Waals surface area contributed by atoms with Crippen molar-refractivity contribution in [2.75, 3.05) is 11.9 Å². The number of imidazole rings is 1. The van der Waals surface area contributed by atoms with E-state index < -0.39 is 24.5 Å². The highest BCUT2D eigenvalue weighted by Crippen LogP contribution is 2.33. The van der Waals surface area contributed by atoms with Crippen LogP contribution in [0.15, 0.2) is 43.0 Å². The van der Waals surface area contributed by atoms with Gasteiger partial charge in [0.2, 0.25) is 5.91 Å². The summed E-state index contributed by atoms with van der Waals surface area (Å²) in [6, 6.07) is 8.94. The van der Waals surface area contributed by atoms with Gasteiger partial charge in [-0.3, -0.25) is 9.36 Å². The summed E-state index contributed by atoms with van der Waals surface area (Å²) in [5.74, 6) is 0.401. The fraction of sp³-hybridized carbons (Fsp3) is 0.478. The molecule has 1 saturated heterocycles. The number of aliphatic hydroxyl groups is 2. The number of fused-ring (bicyclic) bond motifs is 1. The maximum absolute atomic E-state index is 12.6. The van der Waals surface area contributed by atoms with Crippen LogP contribution in [-0.2, 0) is 16.0 Å². The summed E-state index contributed by atoms with van der Waals surface area (Å²) in [7, 11) is 0. The molecule has 1 aromatic carbocycles. The Morgan fingerprint density at radius 3 is 2.70 bits per heavy atom. The van der Waals surface area contributed by atoms with Crippen molar-refractivity contribution in [1.29, 1.82) is 0 Å². The van der Waals surface area contributed by atoms with Gasteiger partial charge in [-0.2, -0.15) is 0 Å². The second-order valence-corrected chi connectivity index (χ2v) is 8.67. The highest BCUT2D eigenvalue weighted by atomic mass is 16.5. The Morgan fingerprint density at radius 2 is 1.94 bits per heavy atom. The lowest BCUT2D eigenvalue weighted by molar-refractivity contribution is -0.122. The minimum Gasteiger partial charge on any atom is -0.394 e. The number of anilines is 1. The highest BCUT2D eigenvalue weighted by molar-refractivity contribution is 5.83. The lowest BCUT2D eigenvalue weighted by Gasteiger charge is -2.21. The molecule has 1 aliphatic heterocycles. The van der Waals surface area contributed by atoms with E-state index in [1.807, 2.05) is 30.3 Å². The van der Waals surface area contributed by atoms with Gasteiger partial charge in [-0.25, -0.2) is 15.0 Å². The second-order valence-electron chi connectivity index (χ2n) is 8.67. The molecule has 0 spiro atoms. The average molecular weight is 453 g/mol. The Hall–Kier alpha value is -3.08. The molecule has 0 unspecified atom stereocenters. The molecule has 33 heavy (non-hydrogen) atoms. The number of aliphatic hydroxyl groups excluding tert-OH is 2. The quantitative estimate of drug-likeness (QED) is 0.420. The molecule has 174 valence electrons. The van der Waals surface area contributed by atoms with Crippen molar-refractivity contribution in [3.05, 3.63) is 48.5 Å². The number of aromatic nitrogens is 4. The second kappa shape index (κ2) is 9.42. The lowest BCUT2D eigenvalue weighted by atomic mass is 10.1. The summed E-state index contributed by atoms with van der Waals surface area (Å²) in [5, 5.41) is 27.2. The van der Waals surface area contributed by atoms with E-state index in [4.69, 9.17) is 4.74 Å². The fourth-order valence-electron chi connectivity index (χ4n) is 4.73. The largest absolute Gasteiger partial charge is 0.394 e. The third kappa shape index (κ3) is 4.41. The van der Waals surface area contributed by atoms with Crippen LogP contribution in [0, 0.1) is 0 Å². The fourth-order valence-corrected chi connectivity index (χ4v) is 4.73. The summed E-state index contributed by atoms with van der Waals surface area (Å²) >= 11 is 0. The molecule has 4 N–H and O–H groups in total. The van der Waals surface area contributed by atoms with Gasteiger partial charge in [0.15, 0.2) is 23.2 Å². The monoisotopic (exact) mass is 452 g/mol. The van der Waals surface area contributed by atoms with Crippen LogP contribution in [-0.4, -0.2) is 66.5 Å². The number of benzene rings is 1. The van der Waals surface area contributed by atoms with E-state index in [2.05, 4.69) is 25.6 Å². The zero-order valence-corrected chi connectivity index (χ0v) is 18.2. The third-order valence-corrected chi connectivity index (χ3v) is 6.42. The molecule has 2 aromatic heterocycles. The van der Waals surface area contributed by atoms with Gasteiger partial charge in [0.25, 0.3) is 0 Å².